The number of amides is 2. The van der Waals surface area contributed by atoms with E-state index in [1.165, 1.54) is 4.90 Å². The summed E-state index contributed by atoms with van der Waals surface area (Å²) in [6.07, 6.45) is 8.18. The van der Waals surface area contributed by atoms with Crippen molar-refractivity contribution in [1.82, 2.24) is 9.97 Å². The maximum absolute atomic E-state index is 12.4. The lowest BCUT2D eigenvalue weighted by Crippen LogP contribution is -2.34. The second kappa shape index (κ2) is 3.25. The largest absolute Gasteiger partial charge is 0.274 e. The topological polar surface area (TPSA) is 63.2 Å². The second-order valence-electron chi connectivity index (χ2n) is 5.06. The van der Waals surface area contributed by atoms with Crippen molar-refractivity contribution in [3.05, 3.63) is 30.6 Å². The molecule has 1 saturated carbocycles. The highest BCUT2D eigenvalue weighted by Gasteiger charge is 2.60. The zero-order chi connectivity index (χ0) is 12.3. The molecule has 1 aliphatic heterocycles. The van der Waals surface area contributed by atoms with Crippen molar-refractivity contribution in [2.75, 3.05) is 4.90 Å². The van der Waals surface area contributed by atoms with E-state index in [0.29, 0.717) is 0 Å². The van der Waals surface area contributed by atoms with Crippen LogP contribution in [0.4, 0.5) is 5.95 Å². The molecule has 0 aromatic carbocycles. The quantitative estimate of drug-likeness (QED) is 0.538. The van der Waals surface area contributed by atoms with E-state index in [1.54, 1.807) is 18.5 Å². The molecule has 1 aromatic heterocycles. The molecule has 5 heteroatoms. The minimum Gasteiger partial charge on any atom is -0.274 e. The summed E-state index contributed by atoms with van der Waals surface area (Å²) in [5.74, 6) is 0.0327. The molecule has 0 N–H and O–H groups in total. The fraction of sp³-hybridized carbons (Fsp3) is 0.385. The number of carbonyl (C=O) groups is 2. The first-order valence-corrected chi connectivity index (χ1v) is 6.10. The number of allylic oxidation sites excluding steroid dienone is 2. The summed E-state index contributed by atoms with van der Waals surface area (Å²) in [4.78, 5) is 34.0. The minimum absolute atomic E-state index is 0.131. The van der Waals surface area contributed by atoms with Gasteiger partial charge >= 0.3 is 0 Å². The van der Waals surface area contributed by atoms with Gasteiger partial charge in [0, 0.05) is 12.4 Å². The molecule has 5 nitrogen and oxygen atoms in total. The predicted molar refractivity (Wildman–Crippen MR) is 62.2 cm³/mol. The van der Waals surface area contributed by atoms with Crippen LogP contribution in [-0.2, 0) is 9.59 Å². The number of imide groups is 1. The van der Waals surface area contributed by atoms with Crippen molar-refractivity contribution in [3.63, 3.8) is 0 Å². The third kappa shape index (κ3) is 1.06. The van der Waals surface area contributed by atoms with Gasteiger partial charge in [-0.1, -0.05) is 12.2 Å². The van der Waals surface area contributed by atoms with Gasteiger partial charge < -0.3 is 0 Å². The van der Waals surface area contributed by atoms with Crippen LogP contribution >= 0.6 is 0 Å². The summed E-state index contributed by atoms with van der Waals surface area (Å²) in [6, 6.07) is 1.67. The number of aromatic nitrogens is 2. The van der Waals surface area contributed by atoms with Crippen LogP contribution in [-0.4, -0.2) is 21.8 Å². The molecule has 0 spiro atoms. The Morgan fingerprint density at radius 3 is 2.11 bits per heavy atom. The van der Waals surface area contributed by atoms with Crippen LogP contribution in [0, 0.1) is 23.7 Å². The number of nitrogens with zero attached hydrogens (tertiary/aromatic N) is 3. The van der Waals surface area contributed by atoms with Gasteiger partial charge in [0.25, 0.3) is 0 Å². The maximum atomic E-state index is 12.4. The normalized spacial score (nSPS) is 36.6. The van der Waals surface area contributed by atoms with Gasteiger partial charge in [0.2, 0.25) is 17.8 Å². The Balaban J connectivity index is 1.77. The van der Waals surface area contributed by atoms with Crippen LogP contribution in [0.5, 0.6) is 0 Å². The molecule has 2 fully saturated rings. The fourth-order valence-electron chi connectivity index (χ4n) is 3.51. The Kier molecular flexibility index (Phi) is 1.79. The van der Waals surface area contributed by atoms with Gasteiger partial charge in [-0.3, -0.25) is 9.59 Å². The number of fused-ring (bicyclic) bond motifs is 5. The number of anilines is 1. The van der Waals surface area contributed by atoms with Gasteiger partial charge in [-0.05, 0) is 24.3 Å². The fourth-order valence-corrected chi connectivity index (χ4v) is 3.51. The number of hydrogen-bond donors (Lipinski definition) is 0. The summed E-state index contributed by atoms with van der Waals surface area (Å²) >= 11 is 0. The van der Waals surface area contributed by atoms with Crippen molar-refractivity contribution in [1.29, 1.82) is 0 Å². The van der Waals surface area contributed by atoms with Gasteiger partial charge in [-0.15, -0.1) is 0 Å². The highest BCUT2D eigenvalue weighted by molar-refractivity contribution is 6.21. The van der Waals surface area contributed by atoms with Gasteiger partial charge in [0.05, 0.1) is 11.8 Å². The Labute approximate surface area is 104 Å². The summed E-state index contributed by atoms with van der Waals surface area (Å²) in [7, 11) is 0. The Bertz CT molecular complexity index is 539. The molecular formula is C13H11N3O2. The standard InChI is InChI=1S/C13H11N3O2/c17-11-9-7-2-3-8(6-7)10(9)12(18)16(11)13-14-4-1-5-15-13/h1-5,7-10H,6H2/t7-,8-,9-,10+/m0/s1. The molecule has 2 aliphatic carbocycles. The monoisotopic (exact) mass is 241 g/mol. The van der Waals surface area contributed by atoms with Gasteiger partial charge in [0.1, 0.15) is 0 Å². The Morgan fingerprint density at radius 1 is 1.00 bits per heavy atom. The van der Waals surface area contributed by atoms with Crippen LogP contribution in [0.25, 0.3) is 0 Å². The van der Waals surface area contributed by atoms with E-state index < -0.39 is 0 Å². The molecular weight excluding hydrogens is 230 g/mol. The zero-order valence-corrected chi connectivity index (χ0v) is 9.56. The summed E-state index contributed by atoms with van der Waals surface area (Å²) in [5.41, 5.74) is 0. The third-order valence-electron chi connectivity index (χ3n) is 4.22. The molecule has 18 heavy (non-hydrogen) atoms. The maximum Gasteiger partial charge on any atom is 0.240 e. The highest BCUT2D eigenvalue weighted by atomic mass is 16.2. The van der Waals surface area contributed by atoms with E-state index in [0.717, 1.165) is 6.42 Å². The molecule has 0 radical (unpaired) electrons. The average Bonchev–Trinajstić information content (AvgIpc) is 3.05. The van der Waals surface area contributed by atoms with E-state index in [2.05, 4.69) is 22.1 Å². The van der Waals surface area contributed by atoms with E-state index in [1.807, 2.05) is 0 Å². The molecule has 2 heterocycles. The molecule has 4 rings (SSSR count). The molecule has 2 amide bonds. The second-order valence-corrected chi connectivity index (χ2v) is 5.06. The summed E-state index contributed by atoms with van der Waals surface area (Å²) in [5, 5.41) is 0. The first kappa shape index (κ1) is 9.94. The highest BCUT2D eigenvalue weighted by Crippen LogP contribution is 2.52. The lowest BCUT2D eigenvalue weighted by Gasteiger charge is -2.14. The van der Waals surface area contributed by atoms with Crippen LogP contribution in [0.3, 0.4) is 0 Å². The third-order valence-corrected chi connectivity index (χ3v) is 4.22. The first-order valence-electron chi connectivity index (χ1n) is 6.10. The molecule has 1 aromatic rings. The van der Waals surface area contributed by atoms with Crippen LogP contribution in [0.2, 0.25) is 0 Å². The Hall–Kier alpha value is -2.04. The Morgan fingerprint density at radius 2 is 1.56 bits per heavy atom. The minimum atomic E-state index is -0.184. The SMILES string of the molecule is O=C1[C@@H]2[C@H](C(=O)N1c1ncccn1)[C@H]1C=C[C@H]2C1. The predicted octanol–water partition coefficient (Wildman–Crippen LogP) is 0.788. The van der Waals surface area contributed by atoms with Gasteiger partial charge in [-0.25, -0.2) is 14.9 Å². The first-order chi connectivity index (χ1) is 8.77. The summed E-state index contributed by atoms with van der Waals surface area (Å²) < 4.78 is 0. The lowest BCUT2D eigenvalue weighted by molar-refractivity contribution is -0.123. The van der Waals surface area contributed by atoms with Crippen molar-refractivity contribution >= 4 is 17.8 Å². The molecule has 1 saturated heterocycles. The van der Waals surface area contributed by atoms with Crippen LogP contribution in [0.1, 0.15) is 6.42 Å². The van der Waals surface area contributed by atoms with Crippen molar-refractivity contribution in [2.45, 2.75) is 6.42 Å². The molecule has 4 atom stereocenters. The van der Waals surface area contributed by atoms with E-state index in [-0.39, 0.29) is 41.4 Å². The van der Waals surface area contributed by atoms with Gasteiger partial charge in [-0.2, -0.15) is 0 Å². The summed E-state index contributed by atoms with van der Waals surface area (Å²) in [6.45, 7) is 0. The zero-order valence-electron chi connectivity index (χ0n) is 9.56. The van der Waals surface area contributed by atoms with Gasteiger partial charge in [0.15, 0.2) is 0 Å². The molecule has 0 unspecified atom stereocenters. The smallest absolute Gasteiger partial charge is 0.240 e. The van der Waals surface area contributed by atoms with Crippen molar-refractivity contribution in [3.8, 4) is 0 Å². The van der Waals surface area contributed by atoms with E-state index in [9.17, 15) is 9.59 Å². The molecule has 90 valence electrons. The number of hydrogen-bond acceptors (Lipinski definition) is 4. The molecule has 2 bridgehead atoms. The van der Waals surface area contributed by atoms with E-state index >= 15 is 0 Å². The molecule has 3 aliphatic rings. The van der Waals surface area contributed by atoms with Crippen molar-refractivity contribution in [2.24, 2.45) is 23.7 Å². The number of rotatable bonds is 1. The number of carbonyl (C=O) groups excluding carboxylic acids is 2. The average molecular weight is 241 g/mol. The van der Waals surface area contributed by atoms with E-state index in [4.69, 9.17) is 0 Å². The van der Waals surface area contributed by atoms with Crippen molar-refractivity contribution < 1.29 is 9.59 Å². The van der Waals surface area contributed by atoms with Crippen LogP contribution in [0.15, 0.2) is 30.6 Å². The lowest BCUT2D eigenvalue weighted by atomic mass is 9.85. The van der Waals surface area contributed by atoms with Crippen LogP contribution < -0.4 is 4.90 Å².